The van der Waals surface area contributed by atoms with Gasteiger partial charge in [-0.25, -0.2) is 12.8 Å². The van der Waals surface area contributed by atoms with Crippen LogP contribution in [0.5, 0.6) is 0 Å². The van der Waals surface area contributed by atoms with E-state index in [0.29, 0.717) is 0 Å². The Morgan fingerprint density at radius 3 is 2.36 bits per heavy atom. The number of nitrogens with one attached hydrogen (secondary N) is 1. The van der Waals surface area contributed by atoms with E-state index < -0.39 is 66.5 Å². The molecule has 2 rings (SSSR count). The van der Waals surface area contributed by atoms with Gasteiger partial charge in [-0.1, -0.05) is 6.07 Å². The number of benzene rings is 2. The van der Waals surface area contributed by atoms with E-state index in [2.05, 4.69) is 5.32 Å². The lowest BCUT2D eigenvalue weighted by Gasteiger charge is -2.14. The van der Waals surface area contributed by atoms with Crippen molar-refractivity contribution in [1.29, 1.82) is 0 Å². The highest BCUT2D eigenvalue weighted by Gasteiger charge is 2.33. The molecule has 7 nitrogen and oxygen atoms in total. The third-order valence-corrected chi connectivity index (χ3v) is 4.70. The second kappa shape index (κ2) is 7.54. The first-order valence-corrected chi connectivity index (χ1v) is 9.31. The number of nitrogens with zero attached hydrogens (tertiary/aromatic N) is 1. The first-order chi connectivity index (χ1) is 12.8. The van der Waals surface area contributed by atoms with Gasteiger partial charge in [-0.2, -0.15) is 13.2 Å². The van der Waals surface area contributed by atoms with E-state index in [4.69, 9.17) is 0 Å². The number of non-ortho nitro benzene ring substituents is 1. The summed E-state index contributed by atoms with van der Waals surface area (Å²) < 4.78 is 75.3. The lowest BCUT2D eigenvalue weighted by Crippen LogP contribution is -2.25. The Morgan fingerprint density at radius 2 is 1.82 bits per heavy atom. The molecule has 0 aliphatic carbocycles. The third kappa shape index (κ3) is 5.03. The van der Waals surface area contributed by atoms with Crippen molar-refractivity contribution < 1.29 is 35.7 Å². The number of hydrogen-bond donors (Lipinski definition) is 1. The van der Waals surface area contributed by atoms with Crippen LogP contribution in [-0.4, -0.2) is 25.5 Å². The lowest BCUT2D eigenvalue weighted by molar-refractivity contribution is -0.385. The lowest BCUT2D eigenvalue weighted by atomic mass is 10.1. The number of amides is 1. The highest BCUT2D eigenvalue weighted by molar-refractivity contribution is 7.90. The molecule has 0 aromatic heterocycles. The zero-order chi connectivity index (χ0) is 21.3. The molecule has 0 saturated carbocycles. The van der Waals surface area contributed by atoms with E-state index >= 15 is 0 Å². The molecule has 0 fully saturated rings. The molecule has 150 valence electrons. The molecule has 1 N–H and O–H groups in total. The van der Waals surface area contributed by atoms with Crippen LogP contribution in [0.25, 0.3) is 0 Å². The number of carbonyl (C=O) groups excluding carboxylic acids is 1. The summed E-state index contributed by atoms with van der Waals surface area (Å²) in [6, 6.07) is 4.32. The highest BCUT2D eigenvalue weighted by Crippen LogP contribution is 2.32. The van der Waals surface area contributed by atoms with Gasteiger partial charge in [-0.3, -0.25) is 14.9 Å². The van der Waals surface area contributed by atoms with Crippen LogP contribution in [0.1, 0.15) is 21.5 Å². The van der Waals surface area contributed by atoms with E-state index in [1.165, 1.54) is 0 Å². The van der Waals surface area contributed by atoms with Gasteiger partial charge in [-0.05, 0) is 23.8 Å². The Balaban J connectivity index is 2.34. The summed E-state index contributed by atoms with van der Waals surface area (Å²) in [6.45, 7) is -0.662. The predicted octanol–water partition coefficient (Wildman–Crippen LogP) is 3.09. The Labute approximate surface area is 156 Å². The minimum absolute atomic E-state index is 0.274. The average molecular weight is 420 g/mol. The van der Waals surface area contributed by atoms with Crippen molar-refractivity contribution in [2.24, 2.45) is 0 Å². The predicted molar refractivity (Wildman–Crippen MR) is 88.8 cm³/mol. The third-order valence-electron chi connectivity index (χ3n) is 3.61. The molecule has 1 amide bonds. The molecule has 0 saturated heterocycles. The summed E-state index contributed by atoms with van der Waals surface area (Å²) in [5.74, 6) is -2.15. The van der Waals surface area contributed by atoms with E-state index in [0.717, 1.165) is 36.6 Å². The summed E-state index contributed by atoms with van der Waals surface area (Å²) in [5.41, 5.74) is -2.82. The fourth-order valence-corrected chi connectivity index (χ4v) is 2.95. The standard InChI is InChI=1S/C16H12F4N2O5S/c1-28(26,27)13-5-10(4-12(7-13)22(24)25)15(23)21-8-9-2-3-11(17)6-14(9)16(18,19)20/h2-7H,8H2,1H3,(H,21,23). The van der Waals surface area contributed by atoms with Crippen molar-refractivity contribution in [3.63, 3.8) is 0 Å². The SMILES string of the molecule is CS(=O)(=O)c1cc(C(=O)NCc2ccc(F)cc2C(F)(F)F)cc([N+](=O)[O-])c1. The van der Waals surface area contributed by atoms with E-state index in [9.17, 15) is 40.9 Å². The maximum absolute atomic E-state index is 13.1. The molecule has 0 bridgehead atoms. The van der Waals surface area contributed by atoms with Gasteiger partial charge in [0.1, 0.15) is 5.82 Å². The molecule has 0 radical (unpaired) electrons. The molecule has 2 aromatic rings. The van der Waals surface area contributed by atoms with Gasteiger partial charge in [0.25, 0.3) is 11.6 Å². The summed E-state index contributed by atoms with van der Waals surface area (Å²) in [7, 11) is -3.89. The Kier molecular flexibility index (Phi) is 5.73. The topological polar surface area (TPSA) is 106 Å². The number of alkyl halides is 3. The fourth-order valence-electron chi connectivity index (χ4n) is 2.28. The summed E-state index contributed by atoms with van der Waals surface area (Å²) in [5, 5.41) is 13.1. The van der Waals surface area contributed by atoms with Crippen molar-refractivity contribution in [3.05, 3.63) is 69.0 Å². The van der Waals surface area contributed by atoms with Crippen LogP contribution in [0.2, 0.25) is 0 Å². The smallest absolute Gasteiger partial charge is 0.348 e. The molecule has 28 heavy (non-hydrogen) atoms. The number of carbonyl (C=O) groups is 1. The van der Waals surface area contributed by atoms with Crippen LogP contribution in [0.15, 0.2) is 41.3 Å². The normalized spacial score (nSPS) is 11.9. The van der Waals surface area contributed by atoms with E-state index in [1.54, 1.807) is 0 Å². The van der Waals surface area contributed by atoms with Crippen LogP contribution in [0.4, 0.5) is 23.2 Å². The Bertz CT molecular complexity index is 1050. The average Bonchev–Trinajstić information content (AvgIpc) is 2.58. The molecular formula is C16H12F4N2O5S. The van der Waals surface area contributed by atoms with Gasteiger partial charge in [0.05, 0.1) is 15.4 Å². The van der Waals surface area contributed by atoms with Crippen LogP contribution >= 0.6 is 0 Å². The fraction of sp³-hybridized carbons (Fsp3) is 0.188. The second-order valence-corrected chi connectivity index (χ2v) is 7.74. The number of nitro benzene ring substituents is 1. The summed E-state index contributed by atoms with van der Waals surface area (Å²) in [6.07, 6.45) is -4.08. The second-order valence-electron chi connectivity index (χ2n) is 5.73. The minimum atomic E-state index is -4.86. The number of sulfone groups is 1. The number of hydrogen-bond acceptors (Lipinski definition) is 5. The van der Waals surface area contributed by atoms with E-state index in [-0.39, 0.29) is 6.07 Å². The van der Waals surface area contributed by atoms with Crippen LogP contribution in [-0.2, 0) is 22.6 Å². The number of halogens is 4. The Hall–Kier alpha value is -3.02. The van der Waals surface area contributed by atoms with Crippen molar-refractivity contribution in [1.82, 2.24) is 5.32 Å². The van der Waals surface area contributed by atoms with Gasteiger partial charge in [0.2, 0.25) is 0 Å². The van der Waals surface area contributed by atoms with Crippen molar-refractivity contribution >= 4 is 21.4 Å². The van der Waals surface area contributed by atoms with Crippen molar-refractivity contribution in [2.45, 2.75) is 17.6 Å². The zero-order valence-electron chi connectivity index (χ0n) is 14.1. The minimum Gasteiger partial charge on any atom is -0.348 e. The van der Waals surface area contributed by atoms with Gasteiger partial charge in [0.15, 0.2) is 9.84 Å². The molecule has 12 heteroatoms. The zero-order valence-corrected chi connectivity index (χ0v) is 14.9. The molecule has 2 aromatic carbocycles. The van der Waals surface area contributed by atoms with Crippen LogP contribution in [0, 0.1) is 15.9 Å². The van der Waals surface area contributed by atoms with Crippen molar-refractivity contribution in [3.8, 4) is 0 Å². The molecular weight excluding hydrogens is 408 g/mol. The first-order valence-electron chi connectivity index (χ1n) is 7.42. The van der Waals surface area contributed by atoms with E-state index in [1.807, 2.05) is 0 Å². The largest absolute Gasteiger partial charge is 0.416 e. The molecule has 0 atom stereocenters. The van der Waals surface area contributed by atoms with Crippen molar-refractivity contribution in [2.75, 3.05) is 6.26 Å². The summed E-state index contributed by atoms with van der Waals surface area (Å²) >= 11 is 0. The first kappa shape index (κ1) is 21.3. The van der Waals surface area contributed by atoms with Gasteiger partial charge in [0, 0.05) is 30.5 Å². The number of rotatable bonds is 5. The maximum Gasteiger partial charge on any atom is 0.416 e. The molecule has 0 heterocycles. The number of nitro groups is 1. The molecule has 0 spiro atoms. The van der Waals surface area contributed by atoms with Crippen LogP contribution in [0.3, 0.4) is 0 Å². The highest BCUT2D eigenvalue weighted by atomic mass is 32.2. The van der Waals surface area contributed by atoms with Gasteiger partial charge < -0.3 is 5.32 Å². The van der Waals surface area contributed by atoms with Crippen LogP contribution < -0.4 is 5.32 Å². The summed E-state index contributed by atoms with van der Waals surface area (Å²) in [4.78, 5) is 21.8. The van der Waals surface area contributed by atoms with Gasteiger partial charge in [-0.15, -0.1) is 0 Å². The molecule has 0 aliphatic heterocycles. The quantitative estimate of drug-likeness (QED) is 0.455. The molecule has 0 aliphatic rings. The molecule has 0 unspecified atom stereocenters. The Morgan fingerprint density at radius 1 is 1.18 bits per heavy atom. The monoisotopic (exact) mass is 420 g/mol. The van der Waals surface area contributed by atoms with Gasteiger partial charge >= 0.3 is 6.18 Å². The maximum atomic E-state index is 13.1.